The zero-order valence-corrected chi connectivity index (χ0v) is 10.1. The lowest BCUT2D eigenvalue weighted by molar-refractivity contribution is 0.0474. The zero-order valence-electron chi connectivity index (χ0n) is 10.1. The standard InChI is InChI=1S/C12H21N3O/c1-9-11(10(2)15-14-9)7-13-8-12(16)5-3-4-6-12/h13,16H,3-8H2,1-2H3,(H,14,15). The summed E-state index contributed by atoms with van der Waals surface area (Å²) in [5.74, 6) is 0. The van der Waals surface area contributed by atoms with Gasteiger partial charge in [-0.15, -0.1) is 0 Å². The molecule has 1 heterocycles. The van der Waals surface area contributed by atoms with Gasteiger partial charge in [0.25, 0.3) is 0 Å². The highest BCUT2D eigenvalue weighted by molar-refractivity contribution is 5.22. The van der Waals surface area contributed by atoms with E-state index in [1.165, 1.54) is 5.56 Å². The van der Waals surface area contributed by atoms with Crippen LogP contribution in [0.4, 0.5) is 0 Å². The van der Waals surface area contributed by atoms with Crippen LogP contribution in [0.1, 0.15) is 42.6 Å². The molecule has 1 aliphatic rings. The van der Waals surface area contributed by atoms with E-state index in [-0.39, 0.29) is 0 Å². The van der Waals surface area contributed by atoms with Gasteiger partial charge in [0.1, 0.15) is 0 Å². The van der Waals surface area contributed by atoms with Crippen molar-refractivity contribution in [1.29, 1.82) is 0 Å². The predicted molar refractivity (Wildman–Crippen MR) is 63.2 cm³/mol. The Morgan fingerprint density at radius 3 is 2.62 bits per heavy atom. The second-order valence-electron chi connectivity index (χ2n) is 4.95. The van der Waals surface area contributed by atoms with Crippen molar-refractivity contribution in [3.05, 3.63) is 17.0 Å². The number of H-pyrrole nitrogens is 1. The number of aliphatic hydroxyl groups is 1. The Hall–Kier alpha value is -0.870. The van der Waals surface area contributed by atoms with Crippen molar-refractivity contribution in [2.45, 2.75) is 51.7 Å². The Labute approximate surface area is 96.5 Å². The summed E-state index contributed by atoms with van der Waals surface area (Å²) in [6.07, 6.45) is 4.18. The minimum absolute atomic E-state index is 0.467. The van der Waals surface area contributed by atoms with Gasteiger partial charge in [0.05, 0.1) is 11.3 Å². The smallest absolute Gasteiger partial charge is 0.0771 e. The quantitative estimate of drug-likeness (QED) is 0.723. The van der Waals surface area contributed by atoms with E-state index in [0.29, 0.717) is 6.54 Å². The first-order valence-electron chi connectivity index (χ1n) is 6.04. The van der Waals surface area contributed by atoms with Crippen molar-refractivity contribution in [3.63, 3.8) is 0 Å². The Kier molecular flexibility index (Phi) is 3.30. The van der Waals surface area contributed by atoms with Crippen molar-refractivity contribution in [2.75, 3.05) is 6.54 Å². The minimum atomic E-state index is -0.467. The van der Waals surface area contributed by atoms with Crippen LogP contribution in [0.5, 0.6) is 0 Å². The molecule has 1 aliphatic carbocycles. The fraction of sp³-hybridized carbons (Fsp3) is 0.750. The highest BCUT2D eigenvalue weighted by atomic mass is 16.3. The highest BCUT2D eigenvalue weighted by Crippen LogP contribution is 2.28. The summed E-state index contributed by atoms with van der Waals surface area (Å²) < 4.78 is 0. The van der Waals surface area contributed by atoms with Crippen LogP contribution in [-0.2, 0) is 6.54 Å². The van der Waals surface area contributed by atoms with Crippen LogP contribution < -0.4 is 5.32 Å². The largest absolute Gasteiger partial charge is 0.389 e. The summed E-state index contributed by atoms with van der Waals surface area (Å²) in [4.78, 5) is 0. The van der Waals surface area contributed by atoms with Gasteiger partial charge < -0.3 is 10.4 Å². The third-order valence-electron chi connectivity index (χ3n) is 3.57. The summed E-state index contributed by atoms with van der Waals surface area (Å²) in [6, 6.07) is 0. The van der Waals surface area contributed by atoms with E-state index in [1.54, 1.807) is 0 Å². The van der Waals surface area contributed by atoms with Gasteiger partial charge in [0.15, 0.2) is 0 Å². The molecule has 3 N–H and O–H groups in total. The SMILES string of the molecule is Cc1n[nH]c(C)c1CNCC1(O)CCCC1. The van der Waals surface area contributed by atoms with Gasteiger partial charge in [-0.25, -0.2) is 0 Å². The van der Waals surface area contributed by atoms with Crippen LogP contribution in [0.3, 0.4) is 0 Å². The second-order valence-corrected chi connectivity index (χ2v) is 4.95. The monoisotopic (exact) mass is 223 g/mol. The van der Waals surface area contributed by atoms with Crippen LogP contribution in [0.2, 0.25) is 0 Å². The van der Waals surface area contributed by atoms with Gasteiger partial charge in [-0.05, 0) is 26.7 Å². The maximum atomic E-state index is 10.2. The molecule has 0 aromatic carbocycles. The lowest BCUT2D eigenvalue weighted by Crippen LogP contribution is -2.37. The zero-order chi connectivity index (χ0) is 11.6. The molecule has 1 saturated carbocycles. The molecule has 1 aromatic rings. The number of nitrogens with one attached hydrogen (secondary N) is 2. The predicted octanol–water partition coefficient (Wildman–Crippen LogP) is 1.42. The average Bonchev–Trinajstić information content (AvgIpc) is 2.79. The molecule has 0 aliphatic heterocycles. The molecule has 4 nitrogen and oxygen atoms in total. The Balaban J connectivity index is 1.84. The van der Waals surface area contributed by atoms with E-state index in [4.69, 9.17) is 0 Å². The lowest BCUT2D eigenvalue weighted by Gasteiger charge is -2.22. The summed E-state index contributed by atoms with van der Waals surface area (Å²) in [7, 11) is 0. The van der Waals surface area contributed by atoms with Crippen LogP contribution in [0.25, 0.3) is 0 Å². The van der Waals surface area contributed by atoms with Gasteiger partial charge in [-0.1, -0.05) is 12.8 Å². The summed E-state index contributed by atoms with van der Waals surface area (Å²) in [6.45, 7) is 5.51. The number of nitrogens with zero attached hydrogens (tertiary/aromatic N) is 1. The first-order chi connectivity index (χ1) is 7.61. The summed E-state index contributed by atoms with van der Waals surface area (Å²) in [5.41, 5.74) is 2.92. The Morgan fingerprint density at radius 1 is 1.38 bits per heavy atom. The number of aromatic nitrogens is 2. The van der Waals surface area contributed by atoms with E-state index in [2.05, 4.69) is 15.5 Å². The molecule has 2 rings (SSSR count). The summed E-state index contributed by atoms with van der Waals surface area (Å²) >= 11 is 0. The maximum Gasteiger partial charge on any atom is 0.0771 e. The van der Waals surface area contributed by atoms with E-state index >= 15 is 0 Å². The highest BCUT2D eigenvalue weighted by Gasteiger charge is 2.30. The third kappa shape index (κ3) is 2.44. The van der Waals surface area contributed by atoms with Gasteiger partial charge in [0, 0.05) is 24.3 Å². The molecular weight excluding hydrogens is 202 g/mol. The fourth-order valence-electron chi connectivity index (χ4n) is 2.46. The molecule has 0 spiro atoms. The minimum Gasteiger partial charge on any atom is -0.389 e. The lowest BCUT2D eigenvalue weighted by atomic mass is 10.0. The molecule has 0 radical (unpaired) electrons. The van der Waals surface area contributed by atoms with Crippen LogP contribution in [0.15, 0.2) is 0 Å². The Bertz CT molecular complexity index is 334. The molecule has 1 aromatic heterocycles. The van der Waals surface area contributed by atoms with E-state index in [0.717, 1.165) is 43.6 Å². The van der Waals surface area contributed by atoms with Crippen molar-refractivity contribution < 1.29 is 5.11 Å². The molecule has 16 heavy (non-hydrogen) atoms. The maximum absolute atomic E-state index is 10.2. The van der Waals surface area contributed by atoms with Gasteiger partial charge in [0.2, 0.25) is 0 Å². The third-order valence-corrected chi connectivity index (χ3v) is 3.57. The van der Waals surface area contributed by atoms with Crippen LogP contribution in [-0.4, -0.2) is 27.4 Å². The summed E-state index contributed by atoms with van der Waals surface area (Å²) in [5, 5.41) is 20.6. The molecule has 0 saturated heterocycles. The Morgan fingerprint density at radius 2 is 2.06 bits per heavy atom. The molecule has 4 heteroatoms. The molecule has 1 fully saturated rings. The number of aryl methyl sites for hydroxylation is 2. The van der Waals surface area contributed by atoms with E-state index in [9.17, 15) is 5.11 Å². The van der Waals surface area contributed by atoms with Gasteiger partial charge >= 0.3 is 0 Å². The first kappa shape index (κ1) is 11.6. The first-order valence-corrected chi connectivity index (χ1v) is 6.04. The van der Waals surface area contributed by atoms with Crippen LogP contribution in [0, 0.1) is 13.8 Å². The molecule has 0 amide bonds. The van der Waals surface area contributed by atoms with Crippen molar-refractivity contribution >= 4 is 0 Å². The molecule has 0 bridgehead atoms. The molecule has 90 valence electrons. The van der Waals surface area contributed by atoms with E-state index < -0.39 is 5.60 Å². The topological polar surface area (TPSA) is 60.9 Å². The molecule has 0 atom stereocenters. The van der Waals surface area contributed by atoms with Gasteiger partial charge in [-0.2, -0.15) is 5.10 Å². The fourth-order valence-corrected chi connectivity index (χ4v) is 2.46. The number of rotatable bonds is 4. The second kappa shape index (κ2) is 4.55. The van der Waals surface area contributed by atoms with Crippen molar-refractivity contribution in [2.24, 2.45) is 0 Å². The van der Waals surface area contributed by atoms with Crippen molar-refractivity contribution in [1.82, 2.24) is 15.5 Å². The van der Waals surface area contributed by atoms with E-state index in [1.807, 2.05) is 13.8 Å². The molecular formula is C12H21N3O. The molecule has 0 unspecified atom stereocenters. The van der Waals surface area contributed by atoms with Crippen molar-refractivity contribution in [3.8, 4) is 0 Å². The number of hydrogen-bond donors (Lipinski definition) is 3. The van der Waals surface area contributed by atoms with Crippen LogP contribution >= 0.6 is 0 Å². The van der Waals surface area contributed by atoms with Gasteiger partial charge in [-0.3, -0.25) is 5.10 Å². The average molecular weight is 223 g/mol. The normalized spacial score (nSPS) is 19.2. The number of hydrogen-bond acceptors (Lipinski definition) is 3. The number of aromatic amines is 1.